The van der Waals surface area contributed by atoms with Crippen LogP contribution in [0.25, 0.3) is 0 Å². The van der Waals surface area contributed by atoms with Crippen molar-refractivity contribution >= 4 is 31.9 Å². The van der Waals surface area contributed by atoms with Crippen LogP contribution in [0.4, 0.5) is 0 Å². The SMILES string of the molecule is COc1cccc2c1C(Br)CCC2Br. The Morgan fingerprint density at radius 2 is 1.93 bits per heavy atom. The fraction of sp³-hybridized carbons (Fsp3) is 0.455. The summed E-state index contributed by atoms with van der Waals surface area (Å²) < 4.78 is 5.38. The minimum atomic E-state index is 0.433. The third kappa shape index (κ3) is 1.72. The minimum absolute atomic E-state index is 0.433. The number of benzene rings is 1. The van der Waals surface area contributed by atoms with Crippen molar-refractivity contribution in [1.29, 1.82) is 0 Å². The second-order valence-corrected chi connectivity index (χ2v) is 5.69. The Labute approximate surface area is 101 Å². The summed E-state index contributed by atoms with van der Waals surface area (Å²) in [5.41, 5.74) is 2.67. The van der Waals surface area contributed by atoms with Gasteiger partial charge in [-0.3, -0.25) is 0 Å². The lowest BCUT2D eigenvalue weighted by Gasteiger charge is -2.26. The highest BCUT2D eigenvalue weighted by atomic mass is 79.9. The van der Waals surface area contributed by atoms with Gasteiger partial charge >= 0.3 is 0 Å². The van der Waals surface area contributed by atoms with Gasteiger partial charge in [-0.25, -0.2) is 0 Å². The number of halogens is 2. The van der Waals surface area contributed by atoms with Crippen molar-refractivity contribution < 1.29 is 4.74 Å². The molecule has 0 radical (unpaired) electrons. The normalized spacial score (nSPS) is 25.6. The second-order valence-electron chi connectivity index (χ2n) is 3.48. The van der Waals surface area contributed by atoms with Crippen LogP contribution < -0.4 is 4.74 Å². The molecule has 1 nitrogen and oxygen atoms in total. The van der Waals surface area contributed by atoms with Gasteiger partial charge in [-0.15, -0.1) is 0 Å². The topological polar surface area (TPSA) is 9.23 Å². The molecule has 1 aromatic rings. The van der Waals surface area contributed by atoms with Crippen LogP contribution in [0.5, 0.6) is 5.75 Å². The predicted octanol–water partition coefficient (Wildman–Crippen LogP) is 4.36. The maximum absolute atomic E-state index is 5.38. The lowest BCUT2D eigenvalue weighted by molar-refractivity contribution is 0.406. The van der Waals surface area contributed by atoms with Gasteiger partial charge in [0.25, 0.3) is 0 Å². The Kier molecular flexibility index (Phi) is 3.17. The van der Waals surface area contributed by atoms with Crippen LogP contribution in [0.3, 0.4) is 0 Å². The van der Waals surface area contributed by atoms with Gasteiger partial charge in [0.05, 0.1) is 7.11 Å². The molecule has 1 aromatic carbocycles. The monoisotopic (exact) mass is 318 g/mol. The molecule has 0 spiro atoms. The molecule has 0 fully saturated rings. The molecule has 1 aliphatic rings. The van der Waals surface area contributed by atoms with Crippen molar-refractivity contribution in [3.8, 4) is 5.75 Å². The number of alkyl halides is 2. The van der Waals surface area contributed by atoms with Gasteiger partial charge in [-0.1, -0.05) is 44.0 Å². The molecule has 1 aliphatic carbocycles. The fourth-order valence-corrected chi connectivity index (χ4v) is 3.36. The first-order valence-electron chi connectivity index (χ1n) is 4.69. The highest BCUT2D eigenvalue weighted by molar-refractivity contribution is 9.09. The summed E-state index contributed by atoms with van der Waals surface area (Å²) in [7, 11) is 1.73. The van der Waals surface area contributed by atoms with E-state index >= 15 is 0 Å². The summed E-state index contributed by atoms with van der Waals surface area (Å²) in [6.07, 6.45) is 2.33. The van der Waals surface area contributed by atoms with E-state index in [1.54, 1.807) is 7.11 Å². The molecule has 2 unspecified atom stereocenters. The van der Waals surface area contributed by atoms with Crippen molar-refractivity contribution in [2.24, 2.45) is 0 Å². The summed E-state index contributed by atoms with van der Waals surface area (Å²) in [4.78, 5) is 0.906. The average Bonchev–Trinajstić information content (AvgIpc) is 2.23. The van der Waals surface area contributed by atoms with E-state index in [2.05, 4.69) is 44.0 Å². The molecule has 0 aliphatic heterocycles. The molecular formula is C11H12Br2O. The van der Waals surface area contributed by atoms with Crippen LogP contribution in [0.1, 0.15) is 33.6 Å². The lowest BCUT2D eigenvalue weighted by Crippen LogP contribution is -2.08. The molecule has 0 aromatic heterocycles. The largest absolute Gasteiger partial charge is 0.496 e. The summed E-state index contributed by atoms with van der Waals surface area (Å²) in [6.45, 7) is 0. The maximum atomic E-state index is 5.38. The van der Waals surface area contributed by atoms with Crippen LogP contribution in [-0.2, 0) is 0 Å². The molecule has 0 saturated heterocycles. The molecule has 0 bridgehead atoms. The van der Waals surface area contributed by atoms with E-state index in [0.29, 0.717) is 9.65 Å². The molecule has 0 saturated carbocycles. The summed E-state index contributed by atoms with van der Waals surface area (Å²) in [5.74, 6) is 0.994. The molecule has 76 valence electrons. The maximum Gasteiger partial charge on any atom is 0.123 e. The molecule has 3 heteroatoms. The van der Waals surface area contributed by atoms with Gasteiger partial charge in [0.2, 0.25) is 0 Å². The molecule has 0 N–H and O–H groups in total. The number of hydrogen-bond donors (Lipinski definition) is 0. The van der Waals surface area contributed by atoms with E-state index < -0.39 is 0 Å². The van der Waals surface area contributed by atoms with E-state index in [1.165, 1.54) is 17.5 Å². The highest BCUT2D eigenvalue weighted by Crippen LogP contribution is 2.48. The Morgan fingerprint density at radius 3 is 2.64 bits per heavy atom. The highest BCUT2D eigenvalue weighted by Gasteiger charge is 2.26. The first-order chi connectivity index (χ1) is 6.74. The Balaban J connectivity index is 2.54. The first kappa shape index (κ1) is 10.5. The number of rotatable bonds is 1. The molecule has 2 atom stereocenters. The molecule has 0 amide bonds. The van der Waals surface area contributed by atoms with E-state index in [-0.39, 0.29) is 0 Å². The van der Waals surface area contributed by atoms with Gasteiger partial charge in [-0.05, 0) is 24.5 Å². The van der Waals surface area contributed by atoms with E-state index in [4.69, 9.17) is 4.74 Å². The Bertz CT molecular complexity index is 338. The lowest BCUT2D eigenvalue weighted by atomic mass is 9.91. The molecule has 14 heavy (non-hydrogen) atoms. The average molecular weight is 320 g/mol. The fourth-order valence-electron chi connectivity index (χ4n) is 1.94. The molecule has 2 rings (SSSR count). The predicted molar refractivity (Wildman–Crippen MR) is 65.6 cm³/mol. The van der Waals surface area contributed by atoms with Crippen LogP contribution in [-0.4, -0.2) is 7.11 Å². The third-order valence-corrected chi connectivity index (χ3v) is 4.51. The van der Waals surface area contributed by atoms with Crippen LogP contribution in [0, 0.1) is 0 Å². The van der Waals surface area contributed by atoms with E-state index in [1.807, 2.05) is 6.07 Å². The molecular weight excluding hydrogens is 308 g/mol. The van der Waals surface area contributed by atoms with Crippen molar-refractivity contribution in [2.45, 2.75) is 22.5 Å². The first-order valence-corrected chi connectivity index (χ1v) is 6.52. The zero-order valence-electron chi connectivity index (χ0n) is 7.97. The van der Waals surface area contributed by atoms with Gasteiger partial charge < -0.3 is 4.74 Å². The van der Waals surface area contributed by atoms with Gasteiger partial charge in [0.1, 0.15) is 5.75 Å². The zero-order chi connectivity index (χ0) is 10.1. The standard InChI is InChI=1S/C11H12Br2O/c1-14-10-4-2-3-7-8(12)5-6-9(13)11(7)10/h2-4,8-9H,5-6H2,1H3. The van der Waals surface area contributed by atoms with Crippen LogP contribution in [0.15, 0.2) is 18.2 Å². The number of ether oxygens (including phenoxy) is 1. The Hall–Kier alpha value is -0.0200. The van der Waals surface area contributed by atoms with Crippen LogP contribution in [0.2, 0.25) is 0 Å². The number of hydrogen-bond acceptors (Lipinski definition) is 1. The Morgan fingerprint density at radius 1 is 1.21 bits per heavy atom. The van der Waals surface area contributed by atoms with Crippen molar-refractivity contribution in [2.75, 3.05) is 7.11 Å². The third-order valence-electron chi connectivity index (χ3n) is 2.64. The van der Waals surface area contributed by atoms with E-state index in [9.17, 15) is 0 Å². The summed E-state index contributed by atoms with van der Waals surface area (Å²) in [5, 5.41) is 0. The van der Waals surface area contributed by atoms with Crippen molar-refractivity contribution in [3.05, 3.63) is 29.3 Å². The van der Waals surface area contributed by atoms with Gasteiger partial charge in [0, 0.05) is 15.2 Å². The zero-order valence-corrected chi connectivity index (χ0v) is 11.1. The summed E-state index contributed by atoms with van der Waals surface area (Å²) >= 11 is 7.41. The van der Waals surface area contributed by atoms with Gasteiger partial charge in [-0.2, -0.15) is 0 Å². The smallest absolute Gasteiger partial charge is 0.123 e. The van der Waals surface area contributed by atoms with Gasteiger partial charge in [0.15, 0.2) is 0 Å². The molecule has 0 heterocycles. The van der Waals surface area contributed by atoms with Crippen molar-refractivity contribution in [3.63, 3.8) is 0 Å². The quantitative estimate of drug-likeness (QED) is 0.699. The number of fused-ring (bicyclic) bond motifs is 1. The van der Waals surface area contributed by atoms with E-state index in [0.717, 1.165) is 12.2 Å². The summed E-state index contributed by atoms with van der Waals surface area (Å²) in [6, 6.07) is 6.25. The second kappa shape index (κ2) is 4.23. The van der Waals surface area contributed by atoms with Crippen molar-refractivity contribution in [1.82, 2.24) is 0 Å². The van der Waals surface area contributed by atoms with Crippen LogP contribution >= 0.6 is 31.9 Å². The minimum Gasteiger partial charge on any atom is -0.496 e. The number of methoxy groups -OCH3 is 1.